The fraction of sp³-hybridized carbons (Fsp3) is 0.435. The molecule has 0 heterocycles. The van der Waals surface area contributed by atoms with Crippen LogP contribution < -0.4 is 9.62 Å². The van der Waals surface area contributed by atoms with Crippen LogP contribution in [-0.2, 0) is 10.0 Å². The molecule has 1 fully saturated rings. The SMILES string of the molecule is CCN(c1ccc(C(=O)NC2CCCCCCC2)cc1)S(=O)(=O)c1ccccc1. The van der Waals surface area contributed by atoms with Crippen molar-refractivity contribution < 1.29 is 13.2 Å². The molecule has 0 bridgehead atoms. The van der Waals surface area contributed by atoms with Crippen LogP contribution in [0.3, 0.4) is 0 Å². The normalized spacial score (nSPS) is 15.9. The van der Waals surface area contributed by atoms with Gasteiger partial charge in [-0.15, -0.1) is 0 Å². The number of rotatable bonds is 6. The first kappa shape index (κ1) is 21.4. The standard InChI is InChI=1S/C23H30N2O3S/c1-2-25(29(27,28)22-13-9-6-10-14-22)21-17-15-19(16-18-21)23(26)24-20-11-7-4-3-5-8-12-20/h6,9-10,13-18,20H,2-5,7-8,11-12H2,1H3,(H,24,26). The van der Waals surface area contributed by atoms with Gasteiger partial charge in [0.25, 0.3) is 15.9 Å². The molecule has 0 saturated heterocycles. The Bertz CT molecular complexity index is 887. The van der Waals surface area contributed by atoms with Crippen molar-refractivity contribution in [3.05, 3.63) is 60.2 Å². The average Bonchev–Trinajstić information content (AvgIpc) is 2.71. The zero-order valence-electron chi connectivity index (χ0n) is 17.0. The van der Waals surface area contributed by atoms with Gasteiger partial charge in [0.1, 0.15) is 0 Å². The summed E-state index contributed by atoms with van der Waals surface area (Å²) in [6, 6.07) is 15.4. The number of carbonyl (C=O) groups excluding carboxylic acids is 1. The Kier molecular flexibility index (Phi) is 7.31. The maximum absolute atomic E-state index is 13.0. The van der Waals surface area contributed by atoms with Gasteiger partial charge in [0.2, 0.25) is 0 Å². The Balaban J connectivity index is 1.72. The molecule has 0 aromatic heterocycles. The smallest absolute Gasteiger partial charge is 0.264 e. The lowest BCUT2D eigenvalue weighted by Crippen LogP contribution is -2.35. The third-order valence-electron chi connectivity index (χ3n) is 5.48. The Morgan fingerprint density at radius 3 is 2.10 bits per heavy atom. The lowest BCUT2D eigenvalue weighted by atomic mass is 9.96. The molecule has 6 heteroatoms. The van der Waals surface area contributed by atoms with Crippen LogP contribution in [0.1, 0.15) is 62.2 Å². The molecule has 0 atom stereocenters. The van der Waals surface area contributed by atoms with Crippen molar-refractivity contribution in [2.75, 3.05) is 10.8 Å². The van der Waals surface area contributed by atoms with Gasteiger partial charge in [-0.1, -0.05) is 50.3 Å². The largest absolute Gasteiger partial charge is 0.349 e. The van der Waals surface area contributed by atoms with Gasteiger partial charge in [-0.25, -0.2) is 8.42 Å². The van der Waals surface area contributed by atoms with Gasteiger partial charge in [0.15, 0.2) is 0 Å². The van der Waals surface area contributed by atoms with Crippen molar-refractivity contribution in [2.24, 2.45) is 0 Å². The van der Waals surface area contributed by atoms with E-state index < -0.39 is 10.0 Å². The second kappa shape index (κ2) is 9.92. The molecule has 0 radical (unpaired) electrons. The average molecular weight is 415 g/mol. The summed E-state index contributed by atoms with van der Waals surface area (Å²) in [4.78, 5) is 12.9. The van der Waals surface area contributed by atoms with Gasteiger partial charge in [-0.2, -0.15) is 0 Å². The van der Waals surface area contributed by atoms with Crippen molar-refractivity contribution in [1.29, 1.82) is 0 Å². The van der Waals surface area contributed by atoms with Crippen LogP contribution in [0.4, 0.5) is 5.69 Å². The zero-order valence-corrected chi connectivity index (χ0v) is 17.8. The summed E-state index contributed by atoms with van der Waals surface area (Å²) in [7, 11) is -3.63. The first-order chi connectivity index (χ1) is 14.0. The van der Waals surface area contributed by atoms with Crippen LogP contribution in [0.15, 0.2) is 59.5 Å². The van der Waals surface area contributed by atoms with Crippen LogP contribution in [0.25, 0.3) is 0 Å². The maximum Gasteiger partial charge on any atom is 0.264 e. The molecule has 1 aliphatic rings. The molecule has 2 aromatic carbocycles. The van der Waals surface area contributed by atoms with E-state index in [4.69, 9.17) is 0 Å². The monoisotopic (exact) mass is 414 g/mol. The van der Waals surface area contributed by atoms with E-state index in [1.165, 1.54) is 23.6 Å². The molecule has 1 aliphatic carbocycles. The van der Waals surface area contributed by atoms with Gasteiger partial charge < -0.3 is 5.32 Å². The van der Waals surface area contributed by atoms with E-state index in [-0.39, 0.29) is 16.8 Å². The summed E-state index contributed by atoms with van der Waals surface area (Å²) in [5.41, 5.74) is 1.11. The molecule has 156 valence electrons. The Labute approximate surface area is 174 Å². The van der Waals surface area contributed by atoms with E-state index in [2.05, 4.69) is 5.32 Å². The number of hydrogen-bond donors (Lipinski definition) is 1. The number of nitrogens with zero attached hydrogens (tertiary/aromatic N) is 1. The van der Waals surface area contributed by atoms with Crippen molar-refractivity contribution >= 4 is 21.6 Å². The maximum atomic E-state index is 13.0. The van der Waals surface area contributed by atoms with Crippen molar-refractivity contribution in [2.45, 2.75) is 62.8 Å². The molecule has 0 spiro atoms. The molecule has 1 saturated carbocycles. The zero-order chi connectivity index (χ0) is 20.7. The van der Waals surface area contributed by atoms with Gasteiger partial charge in [-0.3, -0.25) is 9.10 Å². The van der Waals surface area contributed by atoms with Crippen LogP contribution >= 0.6 is 0 Å². The molecule has 1 N–H and O–H groups in total. The Hall–Kier alpha value is -2.34. The highest BCUT2D eigenvalue weighted by atomic mass is 32.2. The minimum Gasteiger partial charge on any atom is -0.349 e. The molecule has 29 heavy (non-hydrogen) atoms. The van der Waals surface area contributed by atoms with E-state index in [0.29, 0.717) is 17.8 Å². The number of nitrogens with one attached hydrogen (secondary N) is 1. The summed E-state index contributed by atoms with van der Waals surface area (Å²) >= 11 is 0. The molecular weight excluding hydrogens is 384 g/mol. The highest BCUT2D eigenvalue weighted by Crippen LogP contribution is 2.24. The van der Waals surface area contributed by atoms with Gasteiger partial charge in [0, 0.05) is 18.2 Å². The topological polar surface area (TPSA) is 66.5 Å². The summed E-state index contributed by atoms with van der Waals surface area (Å²) in [5.74, 6) is -0.0870. The molecule has 0 aliphatic heterocycles. The number of carbonyl (C=O) groups is 1. The fourth-order valence-corrected chi connectivity index (χ4v) is 5.35. The van der Waals surface area contributed by atoms with Crippen molar-refractivity contribution in [3.8, 4) is 0 Å². The first-order valence-corrected chi connectivity index (χ1v) is 11.9. The fourth-order valence-electron chi connectivity index (χ4n) is 3.86. The number of amides is 1. The van der Waals surface area contributed by atoms with Crippen LogP contribution in [0.2, 0.25) is 0 Å². The highest BCUT2D eigenvalue weighted by Gasteiger charge is 2.23. The predicted molar refractivity (Wildman–Crippen MR) is 117 cm³/mol. The second-order valence-corrected chi connectivity index (χ2v) is 9.41. The van der Waals surface area contributed by atoms with Crippen molar-refractivity contribution in [1.82, 2.24) is 5.32 Å². The predicted octanol–water partition coefficient (Wildman–Crippen LogP) is 4.74. The Morgan fingerprint density at radius 1 is 0.931 bits per heavy atom. The minimum atomic E-state index is -3.63. The lowest BCUT2D eigenvalue weighted by molar-refractivity contribution is 0.0930. The molecular formula is C23H30N2O3S. The third kappa shape index (κ3) is 5.38. The van der Waals surface area contributed by atoms with Crippen LogP contribution in [0, 0.1) is 0 Å². The molecule has 5 nitrogen and oxygen atoms in total. The molecule has 2 aromatic rings. The first-order valence-electron chi connectivity index (χ1n) is 10.5. The summed E-state index contributed by atoms with van der Waals surface area (Å²) in [6.07, 6.45) is 8.15. The Morgan fingerprint density at radius 2 is 1.52 bits per heavy atom. The van der Waals surface area contributed by atoms with Gasteiger partial charge in [-0.05, 0) is 56.2 Å². The van der Waals surface area contributed by atoms with Crippen LogP contribution in [-0.4, -0.2) is 26.9 Å². The van der Waals surface area contributed by atoms with Gasteiger partial charge in [0.05, 0.1) is 10.6 Å². The summed E-state index contributed by atoms with van der Waals surface area (Å²) < 4.78 is 27.3. The van der Waals surface area contributed by atoms with E-state index in [9.17, 15) is 13.2 Å². The third-order valence-corrected chi connectivity index (χ3v) is 7.39. The number of sulfonamides is 1. The van der Waals surface area contributed by atoms with E-state index in [0.717, 1.165) is 25.7 Å². The second-order valence-electron chi connectivity index (χ2n) is 7.55. The highest BCUT2D eigenvalue weighted by molar-refractivity contribution is 7.92. The molecule has 1 amide bonds. The van der Waals surface area contributed by atoms with Crippen molar-refractivity contribution in [3.63, 3.8) is 0 Å². The molecule has 0 unspecified atom stereocenters. The van der Waals surface area contributed by atoms with E-state index in [1.807, 2.05) is 0 Å². The van der Waals surface area contributed by atoms with Crippen LogP contribution in [0.5, 0.6) is 0 Å². The number of anilines is 1. The van der Waals surface area contributed by atoms with Gasteiger partial charge >= 0.3 is 0 Å². The minimum absolute atomic E-state index is 0.0870. The summed E-state index contributed by atoms with van der Waals surface area (Å²) in [5, 5.41) is 3.15. The number of hydrogen-bond acceptors (Lipinski definition) is 3. The van der Waals surface area contributed by atoms with E-state index >= 15 is 0 Å². The molecule has 3 rings (SSSR count). The number of benzene rings is 2. The quantitative estimate of drug-likeness (QED) is 0.742. The van der Waals surface area contributed by atoms with E-state index in [1.54, 1.807) is 61.5 Å². The lowest BCUT2D eigenvalue weighted by Gasteiger charge is -2.23. The summed E-state index contributed by atoms with van der Waals surface area (Å²) in [6.45, 7) is 2.11.